The first-order valence-corrected chi connectivity index (χ1v) is 45.6. The Morgan fingerprint density at radius 1 is 0.389 bits per heavy atom. The average Bonchev–Trinajstić information content (AvgIpc) is 0.791. The molecule has 0 aliphatic rings. The molecular formula is C88H134N12O24S2+2. The van der Waals surface area contributed by atoms with E-state index in [1.807, 2.05) is 30.3 Å². The third-order valence-electron chi connectivity index (χ3n) is 18.9. The van der Waals surface area contributed by atoms with E-state index in [1.54, 1.807) is 133 Å². The van der Waals surface area contributed by atoms with Crippen molar-refractivity contribution in [2.24, 2.45) is 11.8 Å². The van der Waals surface area contributed by atoms with E-state index < -0.39 is 26.0 Å². The van der Waals surface area contributed by atoms with E-state index in [0.717, 1.165) is 18.4 Å². The van der Waals surface area contributed by atoms with Gasteiger partial charge in [-0.15, -0.1) is 0 Å². The lowest BCUT2D eigenvalue weighted by molar-refractivity contribution is -0.684. The van der Waals surface area contributed by atoms with Crippen LogP contribution in [0.1, 0.15) is 92.6 Å². The molecule has 0 aliphatic carbocycles. The number of aromatic nitrogens is 2. The number of sulfonamides is 2. The summed E-state index contributed by atoms with van der Waals surface area (Å²) in [6, 6.07) is 26.1. The quantitative estimate of drug-likeness (QED) is 0.00792. The van der Waals surface area contributed by atoms with Gasteiger partial charge in [-0.1, -0.05) is 39.8 Å². The lowest BCUT2D eigenvalue weighted by atomic mass is 10.0. The number of hydrogen-bond acceptors (Lipinski definition) is 27. The largest absolute Gasteiger partial charge is 0.378 e. The fraction of sp³-hybridized carbons (Fsp3) is 0.557. The van der Waals surface area contributed by atoms with Crippen LogP contribution in [0.4, 0.5) is 34.1 Å². The van der Waals surface area contributed by atoms with Crippen LogP contribution in [-0.4, -0.2) is 268 Å². The molecule has 36 nitrogen and oxygen atoms in total. The second-order valence-corrected chi connectivity index (χ2v) is 33.4. The Kier molecular flexibility index (Phi) is 51.6. The molecule has 0 spiro atoms. The fourth-order valence-corrected chi connectivity index (χ4v) is 15.5. The number of anilines is 6. The zero-order valence-electron chi connectivity index (χ0n) is 74.7. The van der Waals surface area contributed by atoms with Crippen molar-refractivity contribution in [2.75, 3.05) is 229 Å². The third-order valence-corrected chi connectivity index (χ3v) is 22.0. The number of hydrazine groups is 2. The summed E-state index contributed by atoms with van der Waals surface area (Å²) < 4.78 is 142. The number of nitrogens with one attached hydrogen (secondary N) is 8. The van der Waals surface area contributed by atoms with E-state index in [-0.39, 0.29) is 53.4 Å². The summed E-state index contributed by atoms with van der Waals surface area (Å²) in [5.74, 6) is -0.176. The van der Waals surface area contributed by atoms with Crippen LogP contribution in [0.25, 0.3) is 0 Å². The zero-order valence-corrected chi connectivity index (χ0v) is 76.3. The number of carbonyl (C=O) groups is 5. The number of carbonyl (C=O) groups excluding carboxylic acids is 5. The van der Waals surface area contributed by atoms with Crippen molar-refractivity contribution in [1.29, 1.82) is 0 Å². The van der Waals surface area contributed by atoms with E-state index >= 15 is 0 Å². The van der Waals surface area contributed by atoms with Crippen LogP contribution < -0.4 is 50.9 Å². The number of aryl methyl sites for hydroxylation is 2. The highest BCUT2D eigenvalue weighted by Crippen LogP contribution is 2.31. The number of pyridine rings is 2. The number of hydrogen-bond donors (Lipinski definition) is 8. The number of nitrogens with zero attached hydrogens (tertiary/aromatic N) is 4. The first kappa shape index (κ1) is 106. The molecule has 2 unspecified atom stereocenters. The molecule has 4 aromatic carbocycles. The van der Waals surface area contributed by atoms with Gasteiger partial charge in [0.1, 0.15) is 5.56 Å². The molecule has 0 fully saturated rings. The molecule has 0 saturated heterocycles. The molecule has 0 saturated carbocycles. The maximum atomic E-state index is 14.1. The maximum Gasteiger partial charge on any atom is 0.290 e. The molecule has 0 radical (unpaired) electrons. The van der Waals surface area contributed by atoms with Crippen molar-refractivity contribution >= 4 is 84.7 Å². The summed E-state index contributed by atoms with van der Waals surface area (Å²) in [5, 5.41) is 7.76. The van der Waals surface area contributed by atoms with Gasteiger partial charge in [-0.3, -0.25) is 60.0 Å². The van der Waals surface area contributed by atoms with Gasteiger partial charge in [-0.25, -0.2) is 16.8 Å². The van der Waals surface area contributed by atoms with Gasteiger partial charge in [-0.05, 0) is 161 Å². The van der Waals surface area contributed by atoms with E-state index in [0.29, 0.717) is 285 Å². The summed E-state index contributed by atoms with van der Waals surface area (Å²) in [4.78, 5) is 70.5. The highest BCUT2D eigenvalue weighted by molar-refractivity contribution is 7.93. The minimum Gasteiger partial charge on any atom is -0.378 e. The van der Waals surface area contributed by atoms with Gasteiger partial charge in [0.2, 0.25) is 25.9 Å². The molecule has 38 heteroatoms. The summed E-state index contributed by atoms with van der Waals surface area (Å²) in [6.07, 6.45) is 9.61. The lowest BCUT2D eigenvalue weighted by Crippen LogP contribution is -2.44. The molecule has 8 N–H and O–H groups in total. The van der Waals surface area contributed by atoms with Crippen molar-refractivity contribution in [3.05, 3.63) is 155 Å². The zero-order chi connectivity index (χ0) is 91.0. The molecule has 5 amide bonds. The van der Waals surface area contributed by atoms with Gasteiger partial charge in [0.15, 0.2) is 24.8 Å². The van der Waals surface area contributed by atoms with E-state index in [2.05, 4.69) is 76.4 Å². The summed E-state index contributed by atoms with van der Waals surface area (Å²) in [7, 11) is -8.10. The standard InChI is InChI=1S/C88H132N12O24S2/c1-68(2)59-72(7)99(88(105)77-14-12-28-98(62-77)64-85(104)92-87-71(6)16-26-83(75(87)10)126(108,109)96-81-23-19-79(20-24-81)94-90-67-102)29-31-110-33-35-112-37-39-114-41-43-116-45-47-118-49-51-120-53-55-122-57-58-123-56-54-121-52-50-119-48-46-117-44-42-115-40-38-113-36-34-111-32-30-100(73(8)60-69(3)4)124-65-76-13-11-27-97(61-76)63-84(103)91-86-70(5)15-25-82(74(86)9)125(106,107)95-80-21-17-78(18-22-80)93-89-66-101/h11-28,61-62,66-69,72-73,93-96H,29-60,63-65H2,1-10H3,(H2-2,89,90,91,92,101,102,103,104)/p+2. The van der Waals surface area contributed by atoms with E-state index in [4.69, 9.17) is 71.2 Å². The molecule has 126 heavy (non-hydrogen) atoms. The van der Waals surface area contributed by atoms with Crippen LogP contribution >= 0.6 is 0 Å². The highest BCUT2D eigenvalue weighted by atomic mass is 32.2. The van der Waals surface area contributed by atoms with Crippen molar-refractivity contribution in [1.82, 2.24) is 20.8 Å². The van der Waals surface area contributed by atoms with Gasteiger partial charge >= 0.3 is 0 Å². The molecular weight excluding hydrogens is 1670 g/mol. The van der Waals surface area contributed by atoms with Crippen LogP contribution in [0.3, 0.4) is 0 Å². The Bertz CT molecular complexity index is 4350. The maximum absolute atomic E-state index is 14.1. The highest BCUT2D eigenvalue weighted by Gasteiger charge is 2.28. The fourth-order valence-electron chi connectivity index (χ4n) is 12.9. The summed E-state index contributed by atoms with van der Waals surface area (Å²) in [5.41, 5.74) is 15.8. The van der Waals surface area contributed by atoms with Gasteiger partial charge in [0.25, 0.3) is 37.8 Å². The van der Waals surface area contributed by atoms with Crippen molar-refractivity contribution in [2.45, 2.75) is 124 Å². The Morgan fingerprint density at radius 2 is 0.706 bits per heavy atom. The topological polar surface area (TPSA) is 403 Å². The predicted molar refractivity (Wildman–Crippen MR) is 474 cm³/mol. The SMILES string of the molecule is Cc1ccc(S(=O)(=O)Nc2ccc(NNC=O)cc2)c(C)c1NC(=O)C[n+]1cccc(CON(CCOCCOCCOCCOCCOCCOCCOCCOCCOCCOCCOCCOCCOCCOCCN(C(=O)c2ccc[n+](CC(=O)Nc3c(C)ccc(S(=O)(=O)Nc4ccc(NNC=O)cc4)c3C)c2)C(C)CC(C)C)C(C)CC(C)C)c1. The number of rotatable bonds is 73. The minimum absolute atomic E-state index is 0.0133. The number of hydroxylamine groups is 2. The Hall–Kier alpha value is -9.01. The number of benzene rings is 4. The smallest absolute Gasteiger partial charge is 0.290 e. The second-order valence-electron chi connectivity index (χ2n) is 30.1. The Balaban J connectivity index is 0.664. The number of amides is 5. The Morgan fingerprint density at radius 3 is 1.06 bits per heavy atom. The first-order valence-electron chi connectivity index (χ1n) is 42.6. The molecule has 2 heterocycles. The molecule has 6 aromatic rings. The molecule has 2 aromatic heterocycles. The minimum atomic E-state index is -4.07. The average molecular weight is 1810 g/mol. The molecule has 0 aliphatic heterocycles. The van der Waals surface area contributed by atoms with Crippen LogP contribution in [-0.2, 0) is 130 Å². The third kappa shape index (κ3) is 42.7. The van der Waals surface area contributed by atoms with Crippen LogP contribution in [0, 0.1) is 39.5 Å². The Labute approximate surface area is 742 Å². The van der Waals surface area contributed by atoms with Gasteiger partial charge < -0.3 is 81.8 Å². The van der Waals surface area contributed by atoms with E-state index in [9.17, 15) is 40.8 Å². The molecule has 6 rings (SSSR count). The van der Waals surface area contributed by atoms with Gasteiger partial charge in [0, 0.05) is 65.6 Å². The predicted octanol–water partition coefficient (Wildman–Crippen LogP) is 7.50. The normalized spacial score (nSPS) is 12.2. The van der Waals surface area contributed by atoms with Crippen molar-refractivity contribution < 1.29 is 121 Å². The number of ether oxygens (including phenoxy) is 14. The van der Waals surface area contributed by atoms with Gasteiger partial charge in [0.05, 0.1) is 213 Å². The summed E-state index contributed by atoms with van der Waals surface area (Å²) >= 11 is 0. The second kappa shape index (κ2) is 61.4. The molecule has 700 valence electrons. The summed E-state index contributed by atoms with van der Waals surface area (Å²) in [6.45, 7) is 32.2. The van der Waals surface area contributed by atoms with Crippen LogP contribution in [0.15, 0.2) is 132 Å². The monoisotopic (exact) mass is 1810 g/mol. The molecule has 0 bridgehead atoms. The van der Waals surface area contributed by atoms with Crippen molar-refractivity contribution in [3.63, 3.8) is 0 Å². The molecule has 2 atom stereocenters. The van der Waals surface area contributed by atoms with E-state index in [1.165, 1.54) is 12.1 Å². The lowest BCUT2D eigenvalue weighted by Gasteiger charge is -2.30. The first-order chi connectivity index (χ1) is 60.9. The van der Waals surface area contributed by atoms with Crippen LogP contribution in [0.2, 0.25) is 0 Å². The van der Waals surface area contributed by atoms with Crippen molar-refractivity contribution in [3.8, 4) is 0 Å². The van der Waals surface area contributed by atoms with Crippen LogP contribution in [0.5, 0.6) is 0 Å². The van der Waals surface area contributed by atoms with Gasteiger partial charge in [-0.2, -0.15) is 14.2 Å².